The number of aromatic hydroxyl groups is 1. The maximum atomic E-state index is 12.3. The largest absolute Gasteiger partial charge is 0.508 e. The number of aromatic carboxylic acids is 1. The molecule has 2 aromatic carbocycles. The summed E-state index contributed by atoms with van der Waals surface area (Å²) in [5.41, 5.74) is -0.141. The van der Waals surface area contributed by atoms with Crippen molar-refractivity contribution in [3.8, 4) is 17.2 Å². The third-order valence-corrected chi connectivity index (χ3v) is 3.29. The molecule has 1 amide bonds. The van der Waals surface area contributed by atoms with E-state index in [2.05, 4.69) is 5.32 Å². The molecule has 2 aromatic rings. The molecule has 0 radical (unpaired) electrons. The van der Waals surface area contributed by atoms with Gasteiger partial charge >= 0.3 is 5.97 Å². The van der Waals surface area contributed by atoms with Crippen molar-refractivity contribution in [2.45, 2.75) is 6.10 Å². The molecule has 3 rings (SSSR count). The van der Waals surface area contributed by atoms with Crippen LogP contribution >= 0.6 is 0 Å². The second-order valence-corrected chi connectivity index (χ2v) is 4.89. The highest BCUT2D eigenvalue weighted by Crippen LogP contribution is 2.31. The SMILES string of the molecule is O=C(O)c1cc(O)ccc1NC(=O)C1COc2ccccc2O1. The molecule has 23 heavy (non-hydrogen) atoms. The number of phenolic OH excluding ortho intramolecular Hbond substituents is 1. The molecule has 0 aliphatic carbocycles. The minimum absolute atomic E-state index is 0.0172. The number of nitrogens with one attached hydrogen (secondary N) is 1. The van der Waals surface area contributed by atoms with Gasteiger partial charge in [-0.15, -0.1) is 0 Å². The van der Waals surface area contributed by atoms with Gasteiger partial charge in [-0.2, -0.15) is 0 Å². The van der Waals surface area contributed by atoms with E-state index in [0.717, 1.165) is 6.07 Å². The van der Waals surface area contributed by atoms with E-state index < -0.39 is 18.0 Å². The first kappa shape index (κ1) is 14.7. The van der Waals surface area contributed by atoms with Crippen LogP contribution in [0.3, 0.4) is 0 Å². The van der Waals surface area contributed by atoms with Crippen LogP contribution in [0.2, 0.25) is 0 Å². The Morgan fingerprint density at radius 2 is 1.87 bits per heavy atom. The number of ether oxygens (including phenoxy) is 2. The van der Waals surface area contributed by atoms with Crippen LogP contribution in [0, 0.1) is 0 Å². The van der Waals surface area contributed by atoms with Gasteiger partial charge in [0.05, 0.1) is 11.3 Å². The first-order chi connectivity index (χ1) is 11.0. The van der Waals surface area contributed by atoms with Gasteiger partial charge in [0.1, 0.15) is 12.4 Å². The van der Waals surface area contributed by atoms with Gasteiger partial charge in [0.25, 0.3) is 5.91 Å². The molecule has 0 aromatic heterocycles. The number of carbonyl (C=O) groups is 2. The highest BCUT2D eigenvalue weighted by atomic mass is 16.6. The summed E-state index contributed by atoms with van der Waals surface area (Å²) in [7, 11) is 0. The molecule has 1 aliphatic heterocycles. The van der Waals surface area contributed by atoms with Gasteiger partial charge in [0.2, 0.25) is 6.10 Å². The second kappa shape index (κ2) is 5.88. The Kier molecular flexibility index (Phi) is 3.76. The summed E-state index contributed by atoms with van der Waals surface area (Å²) in [6, 6.07) is 10.6. The number of para-hydroxylation sites is 2. The zero-order chi connectivity index (χ0) is 16.4. The quantitative estimate of drug-likeness (QED) is 0.747. The van der Waals surface area contributed by atoms with Crippen molar-refractivity contribution < 1.29 is 29.3 Å². The Bertz CT molecular complexity index is 773. The van der Waals surface area contributed by atoms with Gasteiger partial charge in [-0.25, -0.2) is 4.79 Å². The average molecular weight is 315 g/mol. The predicted molar refractivity (Wildman–Crippen MR) is 80.0 cm³/mol. The van der Waals surface area contributed by atoms with E-state index in [0.29, 0.717) is 11.5 Å². The van der Waals surface area contributed by atoms with Crippen molar-refractivity contribution in [3.05, 3.63) is 48.0 Å². The van der Waals surface area contributed by atoms with E-state index in [1.165, 1.54) is 12.1 Å². The summed E-state index contributed by atoms with van der Waals surface area (Å²) in [4.78, 5) is 23.4. The Labute approximate surface area is 131 Å². The molecule has 0 saturated carbocycles. The average Bonchev–Trinajstić information content (AvgIpc) is 2.55. The Morgan fingerprint density at radius 1 is 1.13 bits per heavy atom. The molecule has 7 heteroatoms. The van der Waals surface area contributed by atoms with Crippen LogP contribution in [0.5, 0.6) is 17.2 Å². The number of carboxylic acids is 1. The first-order valence-corrected chi connectivity index (χ1v) is 6.80. The van der Waals surface area contributed by atoms with E-state index in [1.54, 1.807) is 24.3 Å². The maximum Gasteiger partial charge on any atom is 0.337 e. The summed E-state index contributed by atoms with van der Waals surface area (Å²) in [6.45, 7) is 0.0172. The lowest BCUT2D eigenvalue weighted by Gasteiger charge is -2.25. The summed E-state index contributed by atoms with van der Waals surface area (Å²) in [5, 5.41) is 21.0. The summed E-state index contributed by atoms with van der Waals surface area (Å²) >= 11 is 0. The van der Waals surface area contributed by atoms with Crippen LogP contribution in [-0.2, 0) is 4.79 Å². The smallest absolute Gasteiger partial charge is 0.337 e. The fraction of sp³-hybridized carbons (Fsp3) is 0.125. The molecular formula is C16H13NO6. The van der Waals surface area contributed by atoms with E-state index in [9.17, 15) is 14.7 Å². The molecule has 1 heterocycles. The van der Waals surface area contributed by atoms with Crippen molar-refractivity contribution >= 4 is 17.6 Å². The third kappa shape index (κ3) is 3.03. The van der Waals surface area contributed by atoms with Crippen molar-refractivity contribution in [2.24, 2.45) is 0 Å². The normalized spacial score (nSPS) is 15.7. The summed E-state index contributed by atoms with van der Waals surface area (Å²) < 4.78 is 11.0. The van der Waals surface area contributed by atoms with E-state index in [1.807, 2.05) is 0 Å². The monoisotopic (exact) mass is 315 g/mol. The van der Waals surface area contributed by atoms with Crippen molar-refractivity contribution in [2.75, 3.05) is 11.9 Å². The molecule has 1 atom stereocenters. The van der Waals surface area contributed by atoms with Crippen LogP contribution in [-0.4, -0.2) is 34.8 Å². The molecule has 3 N–H and O–H groups in total. The van der Waals surface area contributed by atoms with Gasteiger partial charge in [-0.05, 0) is 30.3 Å². The minimum atomic E-state index is -1.26. The molecule has 0 spiro atoms. The van der Waals surface area contributed by atoms with Crippen LogP contribution in [0.25, 0.3) is 0 Å². The number of anilines is 1. The van der Waals surface area contributed by atoms with Crippen molar-refractivity contribution in [1.29, 1.82) is 0 Å². The number of rotatable bonds is 3. The molecule has 0 bridgehead atoms. The molecular weight excluding hydrogens is 302 g/mol. The van der Waals surface area contributed by atoms with E-state index in [-0.39, 0.29) is 23.6 Å². The number of fused-ring (bicyclic) bond motifs is 1. The van der Waals surface area contributed by atoms with Crippen LogP contribution in [0.15, 0.2) is 42.5 Å². The zero-order valence-corrected chi connectivity index (χ0v) is 11.9. The second-order valence-electron chi connectivity index (χ2n) is 4.89. The Hall–Kier alpha value is -3.22. The van der Waals surface area contributed by atoms with E-state index >= 15 is 0 Å². The van der Waals surface area contributed by atoms with Gasteiger partial charge in [-0.3, -0.25) is 4.79 Å². The lowest BCUT2D eigenvalue weighted by Crippen LogP contribution is -2.40. The van der Waals surface area contributed by atoms with Gasteiger partial charge in [-0.1, -0.05) is 12.1 Å². The van der Waals surface area contributed by atoms with Crippen molar-refractivity contribution in [1.82, 2.24) is 0 Å². The number of phenols is 1. The Balaban J connectivity index is 1.77. The van der Waals surface area contributed by atoms with Crippen molar-refractivity contribution in [3.63, 3.8) is 0 Å². The number of benzene rings is 2. The minimum Gasteiger partial charge on any atom is -0.508 e. The van der Waals surface area contributed by atoms with Crippen LogP contribution < -0.4 is 14.8 Å². The van der Waals surface area contributed by atoms with Gasteiger partial charge < -0.3 is 25.0 Å². The van der Waals surface area contributed by atoms with Crippen LogP contribution in [0.1, 0.15) is 10.4 Å². The molecule has 118 valence electrons. The topological polar surface area (TPSA) is 105 Å². The number of carbonyl (C=O) groups excluding carboxylic acids is 1. The zero-order valence-electron chi connectivity index (χ0n) is 11.9. The molecule has 1 aliphatic rings. The number of carboxylic acid groups (broad SMARTS) is 1. The summed E-state index contributed by atoms with van der Waals surface area (Å²) in [6.07, 6.45) is -0.902. The van der Waals surface area contributed by atoms with E-state index in [4.69, 9.17) is 14.6 Å². The maximum absolute atomic E-state index is 12.3. The Morgan fingerprint density at radius 3 is 2.61 bits per heavy atom. The number of amides is 1. The van der Waals surface area contributed by atoms with Crippen LogP contribution in [0.4, 0.5) is 5.69 Å². The standard InChI is InChI=1S/C16H13NO6/c18-9-5-6-11(10(7-9)16(20)21)17-15(19)14-8-22-12-3-1-2-4-13(12)23-14/h1-7,14,18H,8H2,(H,17,19)(H,20,21). The molecule has 0 saturated heterocycles. The molecule has 7 nitrogen and oxygen atoms in total. The molecule has 1 unspecified atom stereocenters. The highest BCUT2D eigenvalue weighted by molar-refractivity contribution is 6.02. The lowest BCUT2D eigenvalue weighted by molar-refractivity contribution is -0.125. The first-order valence-electron chi connectivity index (χ1n) is 6.80. The highest BCUT2D eigenvalue weighted by Gasteiger charge is 2.28. The summed E-state index contributed by atoms with van der Waals surface area (Å²) in [5.74, 6) is -1.00. The van der Waals surface area contributed by atoms with Gasteiger partial charge in [0.15, 0.2) is 11.5 Å². The molecule has 0 fully saturated rings. The van der Waals surface area contributed by atoms with Gasteiger partial charge in [0, 0.05) is 0 Å². The number of hydrogen-bond donors (Lipinski definition) is 3. The fourth-order valence-corrected chi connectivity index (χ4v) is 2.18. The number of hydrogen-bond acceptors (Lipinski definition) is 5. The third-order valence-electron chi connectivity index (χ3n) is 3.29. The fourth-order valence-electron chi connectivity index (χ4n) is 2.18. The predicted octanol–water partition coefficient (Wildman–Crippen LogP) is 1.87. The lowest BCUT2D eigenvalue weighted by atomic mass is 10.1.